The second kappa shape index (κ2) is 10.5. The van der Waals surface area contributed by atoms with Gasteiger partial charge in [0.2, 0.25) is 0 Å². The zero-order valence-electron chi connectivity index (χ0n) is 19.2. The van der Waals surface area contributed by atoms with Crippen molar-refractivity contribution in [3.05, 3.63) is 60.7 Å². The average Bonchev–Trinajstić information content (AvgIpc) is 2.97. The zero-order valence-corrected chi connectivity index (χ0v) is 23.1. The molecule has 0 bridgehead atoms. The molecule has 1 unspecified atom stereocenters. The van der Waals surface area contributed by atoms with Gasteiger partial charge in [-0.3, -0.25) is 19.5 Å². The van der Waals surface area contributed by atoms with Gasteiger partial charge in [-0.15, -0.1) is 0 Å². The quantitative estimate of drug-likeness (QED) is 0.396. The molecule has 1 atom stereocenters. The number of piperidine rings is 1. The van der Waals surface area contributed by atoms with E-state index in [-0.39, 0.29) is 11.8 Å². The van der Waals surface area contributed by atoms with E-state index in [0.717, 1.165) is 65.6 Å². The minimum atomic E-state index is 0.130. The highest BCUT2D eigenvalue weighted by Crippen LogP contribution is 2.48. The highest BCUT2D eigenvalue weighted by Gasteiger charge is 2.37. The highest BCUT2D eigenvalue weighted by molar-refractivity contribution is 9.10. The number of hydrogen-bond acceptors (Lipinski definition) is 4. The number of halogens is 3. The molecule has 1 aromatic heterocycles. The monoisotopic (exact) mass is 606 g/mol. The van der Waals surface area contributed by atoms with Gasteiger partial charge in [0, 0.05) is 57.9 Å². The van der Waals surface area contributed by atoms with E-state index in [2.05, 4.69) is 48.9 Å². The Labute approximate surface area is 223 Å². The maximum Gasteiger partial charge on any atom is 0.149 e. The molecule has 4 nitrogen and oxygen atoms in total. The fourth-order valence-electron chi connectivity index (χ4n) is 6.11. The molecule has 2 aliphatic carbocycles. The molecule has 180 valence electrons. The van der Waals surface area contributed by atoms with Crippen molar-refractivity contribution in [3.63, 3.8) is 0 Å². The first-order valence-corrected chi connectivity index (χ1v) is 14.2. The van der Waals surface area contributed by atoms with Crippen LogP contribution in [0.5, 0.6) is 0 Å². The maximum atomic E-state index is 13.0. The molecule has 1 aliphatic heterocycles. The molecule has 1 aromatic carbocycles. The molecule has 0 amide bonds. The number of benzene rings is 1. The first-order chi connectivity index (χ1) is 16.4. The molecule has 0 radical (unpaired) electrons. The molecular weight excluding hydrogens is 580 g/mol. The second-order valence-corrected chi connectivity index (χ2v) is 12.2. The lowest BCUT2D eigenvalue weighted by molar-refractivity contribution is -0.128. The smallest absolute Gasteiger partial charge is 0.149 e. The minimum Gasteiger partial charge on any atom is -0.300 e. The molecular formula is C27H29Br2ClN2O2. The van der Waals surface area contributed by atoms with E-state index >= 15 is 0 Å². The van der Waals surface area contributed by atoms with Crippen molar-refractivity contribution in [1.29, 1.82) is 0 Å². The van der Waals surface area contributed by atoms with E-state index in [1.54, 1.807) is 0 Å². The van der Waals surface area contributed by atoms with E-state index in [4.69, 9.17) is 16.6 Å². The number of aryl methyl sites for hydroxylation is 2. The van der Waals surface area contributed by atoms with Crippen molar-refractivity contribution in [2.75, 3.05) is 19.6 Å². The van der Waals surface area contributed by atoms with Crippen molar-refractivity contribution < 1.29 is 9.59 Å². The Bertz CT molecular complexity index is 1100. The number of likely N-dealkylation sites (tertiary alicyclic amines) is 1. The van der Waals surface area contributed by atoms with Crippen LogP contribution < -0.4 is 0 Å². The topological polar surface area (TPSA) is 50.3 Å². The van der Waals surface area contributed by atoms with Gasteiger partial charge in [0.1, 0.15) is 11.6 Å². The number of rotatable bonds is 4. The number of carbonyl (C=O) groups excluding carboxylic acids is 2. The summed E-state index contributed by atoms with van der Waals surface area (Å²) in [5, 5.41) is 0.762. The number of pyridine rings is 1. The molecule has 2 heterocycles. The molecule has 0 spiro atoms. The van der Waals surface area contributed by atoms with Gasteiger partial charge in [-0.25, -0.2) is 0 Å². The zero-order chi connectivity index (χ0) is 23.8. The fourth-order valence-corrected chi connectivity index (χ4v) is 7.61. The van der Waals surface area contributed by atoms with Crippen molar-refractivity contribution >= 4 is 55.0 Å². The van der Waals surface area contributed by atoms with Gasteiger partial charge in [0.15, 0.2) is 0 Å². The number of carbonyl (C=O) groups is 2. The molecule has 5 rings (SSSR count). The Morgan fingerprint density at radius 2 is 1.71 bits per heavy atom. The van der Waals surface area contributed by atoms with Gasteiger partial charge in [0.25, 0.3) is 0 Å². The summed E-state index contributed by atoms with van der Waals surface area (Å²) in [6.45, 7) is 1.96. The normalized spacial score (nSPS) is 25.4. The lowest BCUT2D eigenvalue weighted by atomic mass is 9.70. The highest BCUT2D eigenvalue weighted by atomic mass is 79.9. The van der Waals surface area contributed by atoms with Crippen LogP contribution in [0, 0.1) is 11.8 Å². The predicted octanol–water partition coefficient (Wildman–Crippen LogP) is 6.53. The first kappa shape index (κ1) is 24.6. The number of hydrogen-bond donors (Lipinski definition) is 0. The molecule has 2 aromatic rings. The summed E-state index contributed by atoms with van der Waals surface area (Å²) < 4.78 is 2.08. The summed E-state index contributed by atoms with van der Waals surface area (Å²) in [6.07, 6.45) is 8.88. The number of Topliss-reactive ketones (excluding diaryl/α,β-unsaturated/α-hetero) is 2. The van der Waals surface area contributed by atoms with Crippen molar-refractivity contribution in [2.24, 2.45) is 11.8 Å². The fraction of sp³-hybridized carbons (Fsp3) is 0.519. The van der Waals surface area contributed by atoms with Crippen LogP contribution in [0.25, 0.3) is 0 Å². The third-order valence-electron chi connectivity index (χ3n) is 7.91. The molecule has 34 heavy (non-hydrogen) atoms. The lowest BCUT2D eigenvalue weighted by Crippen LogP contribution is -2.40. The second-order valence-electron chi connectivity index (χ2n) is 10.0. The summed E-state index contributed by atoms with van der Waals surface area (Å²) in [6, 6.07) is 6.35. The first-order valence-electron chi connectivity index (χ1n) is 12.3. The Balaban J connectivity index is 1.36. The Morgan fingerprint density at radius 1 is 1.00 bits per heavy atom. The van der Waals surface area contributed by atoms with Crippen LogP contribution in [-0.2, 0) is 22.4 Å². The molecule has 0 N–H and O–H groups in total. The number of aromatic nitrogens is 1. The van der Waals surface area contributed by atoms with Crippen LogP contribution in [0.4, 0.5) is 0 Å². The SMILES string of the molecule is O=C1CCN(CC(=O)C2CCC(C3c4ncc(Br)cc4CCc4cc(Cl)cc(Br)c43)CC2)CC1. The lowest BCUT2D eigenvalue weighted by Gasteiger charge is -2.35. The van der Waals surface area contributed by atoms with Crippen molar-refractivity contribution in [1.82, 2.24) is 9.88 Å². The number of nitrogens with zero attached hydrogens (tertiary/aromatic N) is 2. The van der Waals surface area contributed by atoms with Crippen LogP contribution in [0.2, 0.25) is 5.02 Å². The summed E-state index contributed by atoms with van der Waals surface area (Å²) in [7, 11) is 0. The maximum absolute atomic E-state index is 13.0. The van der Waals surface area contributed by atoms with Gasteiger partial charge in [-0.2, -0.15) is 0 Å². The minimum absolute atomic E-state index is 0.130. The predicted molar refractivity (Wildman–Crippen MR) is 141 cm³/mol. The summed E-state index contributed by atoms with van der Waals surface area (Å²) in [4.78, 5) is 31.7. The van der Waals surface area contributed by atoms with Gasteiger partial charge < -0.3 is 0 Å². The van der Waals surface area contributed by atoms with Crippen LogP contribution in [0.15, 0.2) is 33.3 Å². The van der Waals surface area contributed by atoms with E-state index in [0.29, 0.717) is 36.9 Å². The molecule has 3 aliphatic rings. The van der Waals surface area contributed by atoms with Crippen LogP contribution >= 0.6 is 43.5 Å². The van der Waals surface area contributed by atoms with Crippen molar-refractivity contribution in [2.45, 2.75) is 57.3 Å². The third kappa shape index (κ3) is 5.21. The molecule has 7 heteroatoms. The summed E-state index contributed by atoms with van der Waals surface area (Å²) in [5.41, 5.74) is 5.11. The number of fused-ring (bicyclic) bond motifs is 2. The van der Waals surface area contributed by atoms with E-state index in [1.807, 2.05) is 12.3 Å². The largest absolute Gasteiger partial charge is 0.300 e. The Hall–Kier alpha value is -1.08. The number of ketones is 2. The van der Waals surface area contributed by atoms with Gasteiger partial charge in [-0.1, -0.05) is 27.5 Å². The average molecular weight is 609 g/mol. The van der Waals surface area contributed by atoms with Crippen LogP contribution in [-0.4, -0.2) is 41.1 Å². The standard InChI is InChI=1S/C27H29Br2ClN2O2/c28-20-11-19-6-5-18-12-21(30)13-23(29)25(18)26(27(19)31-14-20)17-3-1-16(2-4-17)24(34)15-32-9-7-22(33)8-10-32/h11-14,16-17,26H,1-10,15H2. The van der Waals surface area contributed by atoms with Gasteiger partial charge >= 0.3 is 0 Å². The van der Waals surface area contributed by atoms with E-state index in [1.165, 1.54) is 22.4 Å². The Morgan fingerprint density at radius 3 is 2.44 bits per heavy atom. The third-order valence-corrected chi connectivity index (χ3v) is 9.22. The van der Waals surface area contributed by atoms with Crippen LogP contribution in [0.1, 0.15) is 66.8 Å². The molecule has 1 saturated heterocycles. The summed E-state index contributed by atoms with van der Waals surface area (Å²) >= 11 is 13.9. The summed E-state index contributed by atoms with van der Waals surface area (Å²) in [5.74, 6) is 1.45. The molecule has 2 fully saturated rings. The molecule has 1 saturated carbocycles. The van der Waals surface area contributed by atoms with E-state index < -0.39 is 0 Å². The van der Waals surface area contributed by atoms with E-state index in [9.17, 15) is 9.59 Å². The van der Waals surface area contributed by atoms with Crippen LogP contribution in [0.3, 0.4) is 0 Å². The van der Waals surface area contributed by atoms with Gasteiger partial charge in [-0.05, 0) is 95.3 Å². The van der Waals surface area contributed by atoms with Crippen molar-refractivity contribution in [3.8, 4) is 0 Å². The van der Waals surface area contributed by atoms with Gasteiger partial charge in [0.05, 0.1) is 12.2 Å². The Kier molecular flexibility index (Phi) is 7.60.